The SMILES string of the molecule is O=C(O)c1ccc(C#CC#C[C@H]2CC2CO)cc1. The van der Waals surface area contributed by atoms with Crippen molar-refractivity contribution >= 4 is 5.97 Å². The lowest BCUT2D eigenvalue weighted by atomic mass is 10.1. The van der Waals surface area contributed by atoms with E-state index in [1.54, 1.807) is 12.1 Å². The molecule has 0 spiro atoms. The highest BCUT2D eigenvalue weighted by Gasteiger charge is 2.34. The molecule has 0 saturated heterocycles. The molecule has 1 aromatic carbocycles. The van der Waals surface area contributed by atoms with Crippen molar-refractivity contribution in [3.8, 4) is 23.7 Å². The van der Waals surface area contributed by atoms with Gasteiger partial charge in [0.15, 0.2) is 0 Å². The highest BCUT2D eigenvalue weighted by Crippen LogP contribution is 2.36. The van der Waals surface area contributed by atoms with Gasteiger partial charge in [-0.3, -0.25) is 0 Å². The van der Waals surface area contributed by atoms with Crippen molar-refractivity contribution in [3.05, 3.63) is 35.4 Å². The first-order chi connectivity index (χ1) is 8.70. The van der Waals surface area contributed by atoms with Gasteiger partial charge in [-0.1, -0.05) is 11.8 Å². The molecule has 90 valence electrons. The molecule has 0 aliphatic heterocycles. The molecule has 3 heteroatoms. The van der Waals surface area contributed by atoms with Crippen LogP contribution in [-0.2, 0) is 0 Å². The third-order valence-electron chi connectivity index (χ3n) is 2.82. The molecule has 0 radical (unpaired) electrons. The van der Waals surface area contributed by atoms with Crippen LogP contribution in [0.3, 0.4) is 0 Å². The molecule has 2 atom stereocenters. The van der Waals surface area contributed by atoms with Crippen molar-refractivity contribution in [2.45, 2.75) is 6.42 Å². The van der Waals surface area contributed by atoms with E-state index in [4.69, 9.17) is 10.2 Å². The average Bonchev–Trinajstić information content (AvgIpc) is 3.14. The Balaban J connectivity index is 1.96. The summed E-state index contributed by atoms with van der Waals surface area (Å²) in [6.45, 7) is 0.198. The molecular formula is C15H12O3. The van der Waals surface area contributed by atoms with Crippen LogP contribution in [0.4, 0.5) is 0 Å². The lowest BCUT2D eigenvalue weighted by molar-refractivity contribution is 0.0697. The first-order valence-corrected chi connectivity index (χ1v) is 5.66. The van der Waals surface area contributed by atoms with Crippen LogP contribution in [0.15, 0.2) is 24.3 Å². The van der Waals surface area contributed by atoms with Crippen molar-refractivity contribution in [2.75, 3.05) is 6.61 Å². The third kappa shape index (κ3) is 3.13. The van der Waals surface area contributed by atoms with Crippen LogP contribution in [0, 0.1) is 35.5 Å². The number of benzene rings is 1. The van der Waals surface area contributed by atoms with Gasteiger partial charge in [0.2, 0.25) is 0 Å². The Morgan fingerprint density at radius 3 is 2.56 bits per heavy atom. The largest absolute Gasteiger partial charge is 0.478 e. The minimum atomic E-state index is -0.946. The van der Waals surface area contributed by atoms with E-state index in [0.29, 0.717) is 11.8 Å². The average molecular weight is 240 g/mol. The molecule has 1 saturated carbocycles. The van der Waals surface area contributed by atoms with Gasteiger partial charge in [0, 0.05) is 18.1 Å². The molecule has 1 unspecified atom stereocenters. The number of carboxylic acid groups (broad SMARTS) is 1. The van der Waals surface area contributed by atoms with E-state index in [1.807, 2.05) is 0 Å². The number of aliphatic hydroxyl groups excluding tert-OH is 1. The quantitative estimate of drug-likeness (QED) is 0.767. The maximum atomic E-state index is 10.6. The first-order valence-electron chi connectivity index (χ1n) is 5.66. The molecule has 1 aliphatic rings. The van der Waals surface area contributed by atoms with Crippen molar-refractivity contribution in [3.63, 3.8) is 0 Å². The zero-order valence-corrected chi connectivity index (χ0v) is 9.68. The van der Waals surface area contributed by atoms with Gasteiger partial charge in [-0.15, -0.1) is 0 Å². The zero-order valence-electron chi connectivity index (χ0n) is 9.68. The van der Waals surface area contributed by atoms with Crippen LogP contribution in [0.5, 0.6) is 0 Å². The van der Waals surface area contributed by atoms with E-state index >= 15 is 0 Å². The number of aromatic carboxylic acids is 1. The topological polar surface area (TPSA) is 57.5 Å². The van der Waals surface area contributed by atoms with E-state index in [2.05, 4.69) is 23.7 Å². The molecule has 1 aliphatic carbocycles. The Kier molecular flexibility index (Phi) is 3.67. The fourth-order valence-corrected chi connectivity index (χ4v) is 1.55. The summed E-state index contributed by atoms with van der Waals surface area (Å²) in [7, 11) is 0. The molecular weight excluding hydrogens is 228 g/mol. The molecule has 18 heavy (non-hydrogen) atoms. The maximum Gasteiger partial charge on any atom is 0.335 e. The Labute approximate surface area is 105 Å². The predicted octanol–water partition coefficient (Wildman–Crippen LogP) is 1.37. The maximum absolute atomic E-state index is 10.6. The molecule has 1 aromatic rings. The van der Waals surface area contributed by atoms with Crippen molar-refractivity contribution in [1.29, 1.82) is 0 Å². The van der Waals surface area contributed by atoms with Gasteiger partial charge >= 0.3 is 5.97 Å². The van der Waals surface area contributed by atoms with Gasteiger partial charge in [-0.25, -0.2) is 4.79 Å². The lowest BCUT2D eigenvalue weighted by Gasteiger charge is -1.92. The van der Waals surface area contributed by atoms with E-state index in [9.17, 15) is 4.79 Å². The molecule has 2 N–H and O–H groups in total. The van der Waals surface area contributed by atoms with Crippen LogP contribution < -0.4 is 0 Å². The van der Waals surface area contributed by atoms with E-state index in [0.717, 1.165) is 12.0 Å². The molecule has 0 bridgehead atoms. The minimum Gasteiger partial charge on any atom is -0.478 e. The molecule has 0 aromatic heterocycles. The number of hydrogen-bond acceptors (Lipinski definition) is 2. The van der Waals surface area contributed by atoms with Gasteiger partial charge in [0.25, 0.3) is 0 Å². The van der Waals surface area contributed by atoms with Gasteiger partial charge in [0.1, 0.15) is 0 Å². The number of carbonyl (C=O) groups is 1. The molecule has 2 rings (SSSR count). The molecule has 1 fully saturated rings. The number of aliphatic hydroxyl groups is 1. The second-order valence-electron chi connectivity index (χ2n) is 4.19. The highest BCUT2D eigenvalue weighted by molar-refractivity contribution is 5.87. The fourth-order valence-electron chi connectivity index (χ4n) is 1.55. The third-order valence-corrected chi connectivity index (χ3v) is 2.82. The summed E-state index contributed by atoms with van der Waals surface area (Å²) in [6.07, 6.45) is 0.957. The zero-order chi connectivity index (χ0) is 13.0. The first kappa shape index (κ1) is 12.2. The normalized spacial score (nSPS) is 20.1. The van der Waals surface area contributed by atoms with Crippen LogP contribution in [0.25, 0.3) is 0 Å². The molecule has 3 nitrogen and oxygen atoms in total. The second kappa shape index (κ2) is 5.40. The second-order valence-corrected chi connectivity index (χ2v) is 4.19. The Hall–Kier alpha value is -2.23. The van der Waals surface area contributed by atoms with Gasteiger partial charge in [0.05, 0.1) is 5.56 Å². The Bertz CT molecular complexity index is 564. The van der Waals surface area contributed by atoms with Crippen molar-refractivity contribution in [2.24, 2.45) is 11.8 Å². The van der Waals surface area contributed by atoms with Crippen LogP contribution in [0.2, 0.25) is 0 Å². The minimum absolute atomic E-state index is 0.198. The van der Waals surface area contributed by atoms with Gasteiger partial charge < -0.3 is 10.2 Å². The standard InChI is InChI=1S/C15H12O3/c16-10-14-9-13(14)4-2-1-3-11-5-7-12(8-6-11)15(17)18/h5-8,13-14,16H,9-10H2,(H,17,18)/t13-,14?/m0/s1. The van der Waals surface area contributed by atoms with E-state index < -0.39 is 5.97 Å². The van der Waals surface area contributed by atoms with Crippen LogP contribution >= 0.6 is 0 Å². The summed E-state index contributed by atoms with van der Waals surface area (Å²) < 4.78 is 0. The van der Waals surface area contributed by atoms with E-state index in [1.165, 1.54) is 12.1 Å². The summed E-state index contributed by atoms with van der Waals surface area (Å²) in [6, 6.07) is 6.35. The summed E-state index contributed by atoms with van der Waals surface area (Å²) in [5, 5.41) is 17.6. The highest BCUT2D eigenvalue weighted by atomic mass is 16.4. The monoisotopic (exact) mass is 240 g/mol. The van der Waals surface area contributed by atoms with Crippen molar-refractivity contribution in [1.82, 2.24) is 0 Å². The Morgan fingerprint density at radius 1 is 1.28 bits per heavy atom. The number of carboxylic acids is 1. The van der Waals surface area contributed by atoms with Crippen LogP contribution in [-0.4, -0.2) is 22.8 Å². The lowest BCUT2D eigenvalue weighted by Crippen LogP contribution is -1.94. The van der Waals surface area contributed by atoms with E-state index in [-0.39, 0.29) is 12.2 Å². The summed E-state index contributed by atoms with van der Waals surface area (Å²) in [5.41, 5.74) is 0.985. The summed E-state index contributed by atoms with van der Waals surface area (Å²) in [5.74, 6) is 11.0. The fraction of sp³-hybridized carbons (Fsp3) is 0.267. The smallest absolute Gasteiger partial charge is 0.335 e. The Morgan fingerprint density at radius 2 is 2.00 bits per heavy atom. The van der Waals surface area contributed by atoms with Crippen LogP contribution in [0.1, 0.15) is 22.3 Å². The number of rotatable bonds is 2. The van der Waals surface area contributed by atoms with Gasteiger partial charge in [-0.2, -0.15) is 0 Å². The molecule has 0 amide bonds. The summed E-state index contributed by atoms with van der Waals surface area (Å²) in [4.78, 5) is 10.6. The van der Waals surface area contributed by atoms with Gasteiger partial charge in [-0.05, 0) is 48.4 Å². The van der Waals surface area contributed by atoms with Crippen molar-refractivity contribution < 1.29 is 15.0 Å². The predicted molar refractivity (Wildman–Crippen MR) is 66.7 cm³/mol. The number of hydrogen-bond donors (Lipinski definition) is 2. The summed E-state index contributed by atoms with van der Waals surface area (Å²) >= 11 is 0. The molecule has 0 heterocycles.